The Balaban J connectivity index is 1.58. The lowest BCUT2D eigenvalue weighted by Crippen LogP contribution is -2.42. The molecule has 0 unspecified atom stereocenters. The number of nitrogens with zero attached hydrogens (tertiary/aromatic N) is 2. The number of hydrogen-bond acceptors (Lipinski definition) is 2. The summed E-state index contributed by atoms with van der Waals surface area (Å²) >= 11 is 0. The van der Waals surface area contributed by atoms with E-state index in [1.807, 2.05) is 0 Å². The van der Waals surface area contributed by atoms with Gasteiger partial charge < -0.3 is 4.90 Å². The Labute approximate surface area is 223 Å². The molecule has 0 N–H and O–H groups in total. The number of anilines is 3. The van der Waals surface area contributed by atoms with Crippen LogP contribution in [0, 0.1) is 27.7 Å². The second-order valence-corrected chi connectivity index (χ2v) is 12.0. The average Bonchev–Trinajstić information content (AvgIpc) is 2.95. The fraction of sp³-hybridized carbons (Fsp3) is 0.314. The van der Waals surface area contributed by atoms with E-state index < -0.39 is 0 Å². The van der Waals surface area contributed by atoms with E-state index in [2.05, 4.69) is 151 Å². The molecule has 0 saturated carbocycles. The van der Waals surface area contributed by atoms with Crippen LogP contribution in [0.3, 0.4) is 0 Å². The molecule has 0 amide bonds. The maximum Gasteiger partial charge on any atom is 0.0466 e. The van der Waals surface area contributed by atoms with Crippen LogP contribution in [0.15, 0.2) is 78.9 Å². The molecule has 0 aromatic heterocycles. The van der Waals surface area contributed by atoms with E-state index in [1.54, 1.807) is 0 Å². The van der Waals surface area contributed by atoms with Crippen molar-refractivity contribution >= 4 is 17.1 Å². The monoisotopic (exact) mass is 488 g/mol. The lowest BCUT2D eigenvalue weighted by Gasteiger charge is -2.37. The second kappa shape index (κ2) is 8.89. The van der Waals surface area contributed by atoms with Gasteiger partial charge in [-0.2, -0.15) is 0 Å². The van der Waals surface area contributed by atoms with Crippen molar-refractivity contribution < 1.29 is 0 Å². The first kappa shape index (κ1) is 25.3. The largest absolute Gasteiger partial charge is 0.310 e. The maximum atomic E-state index is 2.49. The number of aryl methyl sites for hydroxylation is 4. The number of rotatable bonds is 4. The lowest BCUT2D eigenvalue weighted by molar-refractivity contribution is 0.0730. The standard InChI is InChI=1S/C35H40N2/c1-23-16-24(2)19-30(18-23)37(31-20-25(3)17-26(4)21-31)29-13-10-27(11-14-29)28-12-15-32-33(22-28)35(7,8)36(9)34(32,5)6/h10-22H,1-9H3. The summed E-state index contributed by atoms with van der Waals surface area (Å²) in [6.07, 6.45) is 0. The Kier molecular flexibility index (Phi) is 6.08. The maximum absolute atomic E-state index is 2.49. The molecule has 4 aromatic rings. The molecule has 2 nitrogen and oxygen atoms in total. The van der Waals surface area contributed by atoms with Crippen LogP contribution in [0.5, 0.6) is 0 Å². The quantitative estimate of drug-likeness (QED) is 0.282. The van der Waals surface area contributed by atoms with Crippen LogP contribution in [-0.2, 0) is 11.1 Å². The van der Waals surface area contributed by atoms with Gasteiger partial charge in [-0.05, 0) is 149 Å². The van der Waals surface area contributed by atoms with Gasteiger partial charge in [-0.1, -0.05) is 36.4 Å². The van der Waals surface area contributed by atoms with Gasteiger partial charge in [0, 0.05) is 28.1 Å². The van der Waals surface area contributed by atoms with Gasteiger partial charge in [-0.15, -0.1) is 0 Å². The van der Waals surface area contributed by atoms with Crippen LogP contribution < -0.4 is 4.90 Å². The number of benzene rings is 4. The summed E-state index contributed by atoms with van der Waals surface area (Å²) in [5.74, 6) is 0. The van der Waals surface area contributed by atoms with Crippen molar-refractivity contribution in [2.45, 2.75) is 66.5 Å². The van der Waals surface area contributed by atoms with Crippen molar-refractivity contribution in [2.24, 2.45) is 0 Å². The zero-order valence-electron chi connectivity index (χ0n) is 23.9. The van der Waals surface area contributed by atoms with Crippen LogP contribution in [0.4, 0.5) is 17.1 Å². The van der Waals surface area contributed by atoms with Crippen LogP contribution in [0.1, 0.15) is 61.1 Å². The summed E-state index contributed by atoms with van der Waals surface area (Å²) in [7, 11) is 2.24. The summed E-state index contributed by atoms with van der Waals surface area (Å²) in [4.78, 5) is 4.87. The molecule has 190 valence electrons. The van der Waals surface area contributed by atoms with Crippen LogP contribution >= 0.6 is 0 Å². The minimum atomic E-state index is -0.00234. The average molecular weight is 489 g/mol. The molecular formula is C35H40N2. The van der Waals surface area contributed by atoms with E-state index in [0.717, 1.165) is 0 Å². The fourth-order valence-electron chi connectivity index (χ4n) is 6.23. The second-order valence-electron chi connectivity index (χ2n) is 12.0. The Hall–Kier alpha value is -3.36. The highest BCUT2D eigenvalue weighted by Gasteiger charge is 2.46. The smallest absolute Gasteiger partial charge is 0.0466 e. The van der Waals surface area contributed by atoms with Crippen molar-refractivity contribution in [2.75, 3.05) is 11.9 Å². The molecule has 1 heterocycles. The van der Waals surface area contributed by atoms with Gasteiger partial charge in [-0.25, -0.2) is 0 Å². The lowest BCUT2D eigenvalue weighted by atomic mass is 9.88. The summed E-state index contributed by atoms with van der Waals surface area (Å²) in [6.45, 7) is 18.0. The van der Waals surface area contributed by atoms with Gasteiger partial charge in [0.15, 0.2) is 0 Å². The van der Waals surface area contributed by atoms with Gasteiger partial charge in [0.05, 0.1) is 0 Å². The predicted molar refractivity (Wildman–Crippen MR) is 159 cm³/mol. The Morgan fingerprint density at radius 1 is 0.486 bits per heavy atom. The third-order valence-corrected chi connectivity index (χ3v) is 8.40. The molecule has 0 fully saturated rings. The first-order valence-electron chi connectivity index (χ1n) is 13.3. The highest BCUT2D eigenvalue weighted by atomic mass is 15.2. The van der Waals surface area contributed by atoms with E-state index in [9.17, 15) is 0 Å². The van der Waals surface area contributed by atoms with Gasteiger partial charge in [0.25, 0.3) is 0 Å². The van der Waals surface area contributed by atoms with Gasteiger partial charge in [0.1, 0.15) is 0 Å². The molecule has 0 radical (unpaired) electrons. The summed E-state index contributed by atoms with van der Waals surface area (Å²) in [6, 6.07) is 29.7. The molecule has 0 bridgehead atoms. The highest BCUT2D eigenvalue weighted by molar-refractivity contribution is 5.79. The molecule has 0 saturated heterocycles. The summed E-state index contributed by atoms with van der Waals surface area (Å²) < 4.78 is 0. The van der Waals surface area contributed by atoms with E-state index in [-0.39, 0.29) is 11.1 Å². The van der Waals surface area contributed by atoms with E-state index in [0.29, 0.717) is 0 Å². The predicted octanol–water partition coefficient (Wildman–Crippen LogP) is 9.47. The van der Waals surface area contributed by atoms with Crippen molar-refractivity contribution in [3.63, 3.8) is 0 Å². The Bertz CT molecular complexity index is 1380. The Morgan fingerprint density at radius 3 is 1.41 bits per heavy atom. The number of fused-ring (bicyclic) bond motifs is 1. The van der Waals surface area contributed by atoms with Crippen molar-refractivity contribution in [1.29, 1.82) is 0 Å². The fourth-order valence-corrected chi connectivity index (χ4v) is 6.23. The molecule has 2 heteroatoms. The van der Waals surface area contributed by atoms with E-state index in [1.165, 1.54) is 61.6 Å². The van der Waals surface area contributed by atoms with E-state index >= 15 is 0 Å². The first-order chi connectivity index (χ1) is 17.4. The molecule has 1 aliphatic rings. The third kappa shape index (κ3) is 4.38. The molecule has 37 heavy (non-hydrogen) atoms. The van der Waals surface area contributed by atoms with Gasteiger partial charge in [0.2, 0.25) is 0 Å². The number of hydrogen-bond donors (Lipinski definition) is 0. The summed E-state index contributed by atoms with van der Waals surface area (Å²) in [5.41, 5.74) is 14.0. The molecule has 0 aliphatic carbocycles. The zero-order valence-corrected chi connectivity index (χ0v) is 23.9. The van der Waals surface area contributed by atoms with E-state index in [4.69, 9.17) is 0 Å². The van der Waals surface area contributed by atoms with Crippen LogP contribution in [0.25, 0.3) is 11.1 Å². The molecular weight excluding hydrogens is 448 g/mol. The Morgan fingerprint density at radius 2 is 0.919 bits per heavy atom. The first-order valence-corrected chi connectivity index (χ1v) is 13.3. The minimum absolute atomic E-state index is 0.00234. The third-order valence-electron chi connectivity index (χ3n) is 8.40. The zero-order chi connectivity index (χ0) is 26.7. The minimum Gasteiger partial charge on any atom is -0.310 e. The molecule has 4 aromatic carbocycles. The highest BCUT2D eigenvalue weighted by Crippen LogP contribution is 2.49. The summed E-state index contributed by atoms with van der Waals surface area (Å²) in [5, 5.41) is 0. The van der Waals surface area contributed by atoms with Crippen molar-refractivity contribution in [3.8, 4) is 11.1 Å². The van der Waals surface area contributed by atoms with Gasteiger partial charge in [-0.3, -0.25) is 4.90 Å². The van der Waals surface area contributed by atoms with Crippen LogP contribution in [0.2, 0.25) is 0 Å². The SMILES string of the molecule is Cc1cc(C)cc(N(c2ccc(-c3ccc4c(c3)C(C)(C)N(C)C4(C)C)cc2)c2cc(C)cc(C)c2)c1. The molecule has 0 spiro atoms. The molecule has 0 atom stereocenters. The van der Waals surface area contributed by atoms with Crippen LogP contribution in [-0.4, -0.2) is 11.9 Å². The normalized spacial score (nSPS) is 16.0. The van der Waals surface area contributed by atoms with Gasteiger partial charge >= 0.3 is 0 Å². The van der Waals surface area contributed by atoms with Crippen molar-refractivity contribution in [1.82, 2.24) is 4.90 Å². The van der Waals surface area contributed by atoms with Crippen molar-refractivity contribution in [3.05, 3.63) is 112 Å². The topological polar surface area (TPSA) is 6.48 Å². The molecule has 5 rings (SSSR count). The molecule has 1 aliphatic heterocycles.